The van der Waals surface area contributed by atoms with Crippen LogP contribution in [0.2, 0.25) is 18.6 Å². The first-order valence-corrected chi connectivity index (χ1v) is 25.0. The van der Waals surface area contributed by atoms with Crippen molar-refractivity contribution in [3.63, 3.8) is 0 Å². The second kappa shape index (κ2) is 19.1. The third-order valence-electron chi connectivity index (χ3n) is 13.2. The fraction of sp³-hybridized carbons (Fsp3) is 0.245. The van der Waals surface area contributed by atoms with Crippen molar-refractivity contribution >= 4 is 66.3 Å². The number of aliphatic hydroxyl groups is 1. The summed E-state index contributed by atoms with van der Waals surface area (Å²) in [5.41, 5.74) is 3.87. The number of hydrogen-bond acceptors (Lipinski definition) is 7. The van der Waals surface area contributed by atoms with E-state index in [1.165, 1.54) is 0 Å². The average Bonchev–Trinajstić information content (AvgIpc) is 3.76. The van der Waals surface area contributed by atoms with Crippen molar-refractivity contribution in [3.8, 4) is 5.75 Å². The molecule has 1 N–H and O–H groups in total. The van der Waals surface area contributed by atoms with Crippen LogP contribution in [-0.4, -0.2) is 69.1 Å². The summed E-state index contributed by atoms with van der Waals surface area (Å²) in [7, 11) is -1.02. The summed E-state index contributed by atoms with van der Waals surface area (Å²) in [4.78, 5) is 62.1. The number of para-hydroxylation sites is 2. The number of methoxy groups -OCH3 is 1. The summed E-state index contributed by atoms with van der Waals surface area (Å²) in [6.45, 7) is 7.04. The predicted molar refractivity (Wildman–Crippen MR) is 257 cm³/mol. The zero-order valence-corrected chi connectivity index (χ0v) is 38.1. The Kier molecular flexibility index (Phi) is 13.1. The van der Waals surface area contributed by atoms with Gasteiger partial charge in [-0.1, -0.05) is 116 Å². The minimum atomic E-state index is -2.66. The molecule has 2 heterocycles. The van der Waals surface area contributed by atoms with Crippen LogP contribution in [0, 0.1) is 5.92 Å². The van der Waals surface area contributed by atoms with Crippen LogP contribution in [0.4, 0.5) is 28.4 Å². The summed E-state index contributed by atoms with van der Waals surface area (Å²) in [6, 6.07) is 49.6. The lowest BCUT2D eigenvalue weighted by Gasteiger charge is -2.37. The molecule has 332 valence electrons. The number of benzene rings is 6. The number of carbonyl (C=O) groups excluding carboxylic acids is 4. The van der Waals surface area contributed by atoms with E-state index in [1.54, 1.807) is 26.7 Å². The van der Waals surface area contributed by atoms with E-state index in [4.69, 9.17) is 9.47 Å². The van der Waals surface area contributed by atoms with Gasteiger partial charge in [-0.2, -0.15) is 0 Å². The van der Waals surface area contributed by atoms with Crippen molar-refractivity contribution in [2.75, 3.05) is 35.0 Å². The first-order chi connectivity index (χ1) is 31.5. The fourth-order valence-electron chi connectivity index (χ4n) is 9.99. The van der Waals surface area contributed by atoms with Crippen LogP contribution < -0.4 is 24.6 Å². The van der Waals surface area contributed by atoms with Gasteiger partial charge in [0.15, 0.2) is 5.60 Å². The molecule has 6 aromatic rings. The lowest BCUT2D eigenvalue weighted by Crippen LogP contribution is -2.52. The predicted octanol–water partition coefficient (Wildman–Crippen LogP) is 8.46. The second-order valence-corrected chi connectivity index (χ2v) is 22.0. The molecule has 11 nitrogen and oxygen atoms in total. The van der Waals surface area contributed by atoms with Gasteiger partial charge in [-0.25, -0.2) is 0 Å². The summed E-state index contributed by atoms with van der Waals surface area (Å²) >= 11 is 0. The van der Waals surface area contributed by atoms with Crippen molar-refractivity contribution in [1.29, 1.82) is 0 Å². The average molecular weight is 887 g/mol. The molecule has 4 atom stereocenters. The molecule has 0 saturated carbocycles. The highest BCUT2D eigenvalue weighted by Crippen LogP contribution is 2.60. The Morgan fingerprint density at radius 2 is 1.31 bits per heavy atom. The van der Waals surface area contributed by atoms with Crippen LogP contribution in [-0.2, 0) is 42.6 Å². The summed E-state index contributed by atoms with van der Waals surface area (Å²) < 4.78 is 12.9. The number of amides is 4. The third-order valence-corrected chi connectivity index (χ3v) is 17.6. The van der Waals surface area contributed by atoms with Crippen LogP contribution >= 0.6 is 0 Å². The van der Waals surface area contributed by atoms with E-state index in [2.05, 4.69) is 32.2 Å². The quantitative estimate of drug-likeness (QED) is 0.0722. The zero-order valence-electron chi connectivity index (χ0n) is 37.1. The molecule has 0 radical (unpaired) electrons. The second-order valence-electron chi connectivity index (χ2n) is 17.3. The highest BCUT2D eigenvalue weighted by Gasteiger charge is 2.66. The summed E-state index contributed by atoms with van der Waals surface area (Å²) in [5, 5.41) is 11.3. The summed E-state index contributed by atoms with van der Waals surface area (Å²) in [5.74, 6) is -0.152. The van der Waals surface area contributed by atoms with Crippen LogP contribution in [0.1, 0.15) is 30.0 Å². The maximum Gasteiger partial charge on any atom is 0.264 e. The lowest BCUT2D eigenvalue weighted by molar-refractivity contribution is -0.150. The Labute approximate surface area is 381 Å². The van der Waals surface area contributed by atoms with Crippen molar-refractivity contribution in [2.24, 2.45) is 5.92 Å². The smallest absolute Gasteiger partial charge is 0.264 e. The Balaban J connectivity index is 1.23. The van der Waals surface area contributed by atoms with E-state index in [9.17, 15) is 19.5 Å². The first kappa shape index (κ1) is 44.7. The molecule has 1 fully saturated rings. The van der Waals surface area contributed by atoms with Gasteiger partial charge >= 0.3 is 0 Å². The molecule has 2 aliphatic heterocycles. The summed E-state index contributed by atoms with van der Waals surface area (Å²) in [6.07, 6.45) is 0.839. The van der Waals surface area contributed by atoms with Gasteiger partial charge in [-0.15, -0.1) is 0 Å². The Morgan fingerprint density at radius 1 is 0.754 bits per heavy atom. The number of nitrogens with zero attached hydrogens (tertiary/aromatic N) is 4. The molecular formula is C53H54N4O7Si. The monoisotopic (exact) mass is 886 g/mol. The van der Waals surface area contributed by atoms with E-state index in [-0.39, 0.29) is 43.5 Å². The van der Waals surface area contributed by atoms with Gasteiger partial charge in [0.25, 0.3) is 5.91 Å². The largest absolute Gasteiger partial charge is 0.497 e. The Hall–Kier alpha value is -6.86. The molecule has 12 heteroatoms. The molecule has 6 aromatic carbocycles. The number of ether oxygens (including phenoxy) is 2. The van der Waals surface area contributed by atoms with Crippen molar-refractivity contribution < 1.29 is 33.8 Å². The number of carbonyl (C=O) groups is 4. The molecule has 8 rings (SSSR count). The van der Waals surface area contributed by atoms with Gasteiger partial charge in [0.2, 0.25) is 18.7 Å². The lowest BCUT2D eigenvalue weighted by atomic mass is 9.82. The Morgan fingerprint density at radius 3 is 1.88 bits per heavy atom. The van der Waals surface area contributed by atoms with Gasteiger partial charge in [0, 0.05) is 47.3 Å². The molecule has 4 amide bonds. The number of aliphatic hydroxyl groups excluding tert-OH is 1. The van der Waals surface area contributed by atoms with Crippen LogP contribution in [0.5, 0.6) is 5.75 Å². The van der Waals surface area contributed by atoms with E-state index in [1.807, 2.05) is 146 Å². The highest BCUT2D eigenvalue weighted by atomic mass is 28.3. The first-order valence-electron chi connectivity index (χ1n) is 21.9. The van der Waals surface area contributed by atoms with Crippen LogP contribution in [0.3, 0.4) is 0 Å². The van der Waals surface area contributed by atoms with Crippen LogP contribution in [0.15, 0.2) is 158 Å². The van der Waals surface area contributed by atoms with Gasteiger partial charge < -0.3 is 24.4 Å². The van der Waals surface area contributed by atoms with Crippen LogP contribution in [0.25, 0.3) is 0 Å². The molecule has 0 unspecified atom stereocenters. The third kappa shape index (κ3) is 8.60. The molecule has 1 spiro atoms. The topological polar surface area (TPSA) is 120 Å². The maximum atomic E-state index is 15.8. The highest BCUT2D eigenvalue weighted by molar-refractivity contribution is 6.91. The van der Waals surface area contributed by atoms with E-state index < -0.39 is 25.7 Å². The van der Waals surface area contributed by atoms with E-state index >= 15 is 4.79 Å². The number of rotatable bonds is 17. The number of fused-ring (bicyclic) bond motifs is 2. The molecular weight excluding hydrogens is 833 g/mol. The van der Waals surface area contributed by atoms with Gasteiger partial charge in [-0.3, -0.25) is 29.0 Å². The molecule has 65 heavy (non-hydrogen) atoms. The fourth-order valence-corrected chi connectivity index (χ4v) is 14.0. The SMILES string of the molecule is COc1ccc([Si](C)(C)[C@H]2[C@H](CC(=O)N(CCO)Cc3ccccc3)O[C@@]3(C(=O)N(Cc4ccc(N(C=O)c5ccccc5)cc4)c4ccc(N(C=O)c5ccccc5)cc43)[C@@H]2C)cc1. The van der Waals surface area contributed by atoms with Crippen molar-refractivity contribution in [3.05, 3.63) is 174 Å². The molecule has 1 saturated heterocycles. The molecule has 0 aromatic heterocycles. The minimum absolute atomic E-state index is 0.0148. The van der Waals surface area contributed by atoms with Gasteiger partial charge in [-0.05, 0) is 83.4 Å². The molecule has 2 aliphatic rings. The standard InChI is InChI=1S/C53H54N4O7Si/c1-38-51(65(3,4)46-27-25-45(63-2)26-28-46)49(33-50(61)54(30-31-58)34-39-14-8-5-9-15-39)64-53(38)47-32-44(57(37-60)42-18-12-7-13-19-42)24-29-48(47)55(52(53)62)35-40-20-22-43(23-21-40)56(36-59)41-16-10-6-11-17-41/h5-29,32,36-38,49,51,58H,30-31,33-35H2,1-4H3/t38-,49+,51-,53+/m1/s1. The number of anilines is 5. The van der Waals surface area contributed by atoms with Crippen molar-refractivity contribution in [2.45, 2.75) is 56.8 Å². The molecule has 0 bridgehead atoms. The van der Waals surface area contributed by atoms with E-state index in [0.717, 1.165) is 40.6 Å². The zero-order chi connectivity index (χ0) is 45.7. The number of hydrogen-bond donors (Lipinski definition) is 1. The maximum absolute atomic E-state index is 15.8. The van der Waals surface area contributed by atoms with Gasteiger partial charge in [0.1, 0.15) is 5.75 Å². The van der Waals surface area contributed by atoms with Gasteiger partial charge in [0.05, 0.1) is 46.5 Å². The Bertz CT molecular complexity index is 2620. The van der Waals surface area contributed by atoms with Crippen molar-refractivity contribution in [1.82, 2.24) is 4.90 Å². The van der Waals surface area contributed by atoms with E-state index in [0.29, 0.717) is 34.9 Å². The normalized spacial score (nSPS) is 18.9. The molecule has 0 aliphatic carbocycles. The minimum Gasteiger partial charge on any atom is -0.497 e.